The molecule has 9 nitrogen and oxygen atoms in total. The zero-order valence-corrected chi connectivity index (χ0v) is 20.2. The number of halogens is 1. The topological polar surface area (TPSA) is 101 Å². The fourth-order valence-electron chi connectivity index (χ4n) is 3.23. The predicted molar refractivity (Wildman–Crippen MR) is 125 cm³/mol. The summed E-state index contributed by atoms with van der Waals surface area (Å²) in [6.07, 6.45) is 1.52. The molecule has 1 aliphatic heterocycles. The van der Waals surface area contributed by atoms with Crippen LogP contribution in [0.2, 0.25) is 0 Å². The van der Waals surface area contributed by atoms with Crippen molar-refractivity contribution < 1.29 is 22.7 Å². The van der Waals surface area contributed by atoms with Crippen LogP contribution in [0.1, 0.15) is 5.56 Å². The van der Waals surface area contributed by atoms with Gasteiger partial charge in [0, 0.05) is 30.7 Å². The van der Waals surface area contributed by atoms with Crippen molar-refractivity contribution in [3.05, 3.63) is 52.5 Å². The monoisotopic (exact) mass is 524 g/mol. The molecule has 1 heterocycles. The number of sulfonamides is 1. The molecule has 1 saturated heterocycles. The molecule has 1 N–H and O–H groups in total. The largest absolute Gasteiger partial charge is 0.493 e. The van der Waals surface area contributed by atoms with Crippen molar-refractivity contribution in [1.29, 1.82) is 0 Å². The lowest BCUT2D eigenvalue weighted by Gasteiger charge is -2.33. The van der Waals surface area contributed by atoms with E-state index < -0.39 is 10.0 Å². The Bertz CT molecular complexity index is 1070. The lowest BCUT2D eigenvalue weighted by molar-refractivity contribution is -0.122. The molecule has 3 rings (SSSR count). The van der Waals surface area contributed by atoms with E-state index in [0.717, 1.165) is 10.0 Å². The van der Waals surface area contributed by atoms with Crippen LogP contribution in [-0.4, -0.2) is 76.7 Å². The average Bonchev–Trinajstić information content (AvgIpc) is 2.79. The van der Waals surface area contributed by atoms with Crippen LogP contribution in [0, 0.1) is 0 Å². The van der Waals surface area contributed by atoms with Gasteiger partial charge >= 0.3 is 0 Å². The van der Waals surface area contributed by atoms with E-state index in [0.29, 0.717) is 37.7 Å². The Morgan fingerprint density at radius 3 is 2.34 bits per heavy atom. The third kappa shape index (κ3) is 6.06. The number of nitrogens with zero attached hydrogens (tertiary/aromatic N) is 3. The Morgan fingerprint density at radius 1 is 1.06 bits per heavy atom. The van der Waals surface area contributed by atoms with Gasteiger partial charge in [-0.25, -0.2) is 13.8 Å². The minimum absolute atomic E-state index is 0.134. The highest BCUT2D eigenvalue weighted by molar-refractivity contribution is 9.10. The summed E-state index contributed by atoms with van der Waals surface area (Å²) < 4.78 is 38.2. The standard InChI is InChI=1S/C21H25BrN4O5S/c1-30-19-8-3-16(13-20(19)31-2)14-23-24-21(27)15-25-9-11-26(12-10-25)32(28,29)18-6-4-17(22)5-7-18/h3-8,13-14H,9-12,15H2,1-2H3,(H,24,27)/b23-14-. The van der Waals surface area contributed by atoms with E-state index in [1.165, 1.54) is 10.5 Å². The van der Waals surface area contributed by atoms with E-state index >= 15 is 0 Å². The zero-order chi connectivity index (χ0) is 23.1. The Kier molecular flexibility index (Phi) is 8.24. The third-order valence-electron chi connectivity index (χ3n) is 4.96. The van der Waals surface area contributed by atoms with Crippen molar-refractivity contribution >= 4 is 38.1 Å². The molecule has 32 heavy (non-hydrogen) atoms. The average molecular weight is 525 g/mol. The van der Waals surface area contributed by atoms with Gasteiger partial charge in [-0.05, 0) is 48.0 Å². The lowest BCUT2D eigenvalue weighted by atomic mass is 10.2. The number of methoxy groups -OCH3 is 2. The van der Waals surface area contributed by atoms with E-state index in [2.05, 4.69) is 26.5 Å². The zero-order valence-electron chi connectivity index (χ0n) is 17.8. The SMILES string of the molecule is COc1ccc(/C=N\NC(=O)CN2CCN(S(=O)(=O)c3ccc(Br)cc3)CC2)cc1OC. The van der Waals surface area contributed by atoms with Gasteiger partial charge in [-0.15, -0.1) is 0 Å². The van der Waals surface area contributed by atoms with Crippen LogP contribution >= 0.6 is 15.9 Å². The van der Waals surface area contributed by atoms with Crippen molar-refractivity contribution in [3.63, 3.8) is 0 Å². The molecular weight excluding hydrogens is 500 g/mol. The molecule has 0 radical (unpaired) electrons. The highest BCUT2D eigenvalue weighted by Gasteiger charge is 2.28. The first-order valence-corrected chi connectivity index (χ1v) is 12.1. The molecule has 0 aromatic heterocycles. The number of amides is 1. The summed E-state index contributed by atoms with van der Waals surface area (Å²) in [5.74, 6) is 0.902. The number of carbonyl (C=O) groups excluding carboxylic acids is 1. The molecule has 1 aliphatic rings. The second-order valence-corrected chi connectivity index (χ2v) is 9.90. The molecule has 2 aromatic rings. The molecule has 0 unspecified atom stereocenters. The minimum Gasteiger partial charge on any atom is -0.493 e. The molecule has 2 aromatic carbocycles. The predicted octanol–water partition coefficient (Wildman–Crippen LogP) is 1.92. The van der Waals surface area contributed by atoms with E-state index in [9.17, 15) is 13.2 Å². The normalized spacial score (nSPS) is 15.6. The van der Waals surface area contributed by atoms with Crippen LogP contribution in [0.15, 0.2) is 56.9 Å². The van der Waals surface area contributed by atoms with Crippen molar-refractivity contribution in [3.8, 4) is 11.5 Å². The number of rotatable bonds is 8. The maximum Gasteiger partial charge on any atom is 0.254 e. The maximum atomic E-state index is 12.8. The first-order chi connectivity index (χ1) is 15.3. The molecule has 0 spiro atoms. The van der Waals surface area contributed by atoms with Gasteiger partial charge in [0.1, 0.15) is 0 Å². The first kappa shape index (κ1) is 24.2. The first-order valence-electron chi connectivity index (χ1n) is 9.85. The van der Waals surface area contributed by atoms with Crippen LogP contribution in [0.4, 0.5) is 0 Å². The summed E-state index contributed by atoms with van der Waals surface area (Å²) in [4.78, 5) is 14.4. The second kappa shape index (κ2) is 10.9. The highest BCUT2D eigenvalue weighted by atomic mass is 79.9. The molecule has 1 amide bonds. The van der Waals surface area contributed by atoms with E-state index in [1.807, 2.05) is 4.90 Å². The molecule has 0 aliphatic carbocycles. The summed E-state index contributed by atoms with van der Waals surface area (Å²) in [5.41, 5.74) is 3.24. The van der Waals surface area contributed by atoms with Gasteiger partial charge in [-0.3, -0.25) is 9.69 Å². The number of nitrogens with one attached hydrogen (secondary N) is 1. The second-order valence-electron chi connectivity index (χ2n) is 7.04. The Morgan fingerprint density at radius 2 is 1.72 bits per heavy atom. The number of ether oxygens (including phenoxy) is 2. The van der Waals surface area contributed by atoms with Gasteiger partial charge in [0.05, 0.1) is 31.9 Å². The van der Waals surface area contributed by atoms with Crippen LogP contribution in [0.3, 0.4) is 0 Å². The summed E-state index contributed by atoms with van der Waals surface area (Å²) in [6, 6.07) is 11.9. The van der Waals surface area contributed by atoms with Gasteiger partial charge in [0.25, 0.3) is 5.91 Å². The number of hydrogen-bond donors (Lipinski definition) is 1. The fourth-order valence-corrected chi connectivity index (χ4v) is 4.92. The lowest BCUT2D eigenvalue weighted by Crippen LogP contribution is -2.50. The van der Waals surface area contributed by atoms with Gasteiger partial charge in [-0.2, -0.15) is 9.41 Å². The minimum atomic E-state index is -3.54. The summed E-state index contributed by atoms with van der Waals surface area (Å²) in [7, 11) is -0.440. The number of hydrazone groups is 1. The smallest absolute Gasteiger partial charge is 0.254 e. The van der Waals surface area contributed by atoms with Crippen molar-refractivity contribution in [2.75, 3.05) is 46.9 Å². The summed E-state index contributed by atoms with van der Waals surface area (Å²) >= 11 is 3.31. The van der Waals surface area contributed by atoms with Crippen LogP contribution in [-0.2, 0) is 14.8 Å². The van der Waals surface area contributed by atoms with E-state index in [1.54, 1.807) is 56.7 Å². The summed E-state index contributed by atoms with van der Waals surface area (Å²) in [5, 5.41) is 3.98. The van der Waals surface area contributed by atoms with Crippen LogP contribution < -0.4 is 14.9 Å². The van der Waals surface area contributed by atoms with Gasteiger partial charge in [0.15, 0.2) is 11.5 Å². The number of piperazine rings is 1. The number of hydrogen-bond acceptors (Lipinski definition) is 7. The third-order valence-corrected chi connectivity index (χ3v) is 7.40. The van der Waals surface area contributed by atoms with Gasteiger partial charge < -0.3 is 9.47 Å². The molecule has 11 heteroatoms. The Balaban J connectivity index is 1.48. The van der Waals surface area contributed by atoms with Crippen LogP contribution in [0.5, 0.6) is 11.5 Å². The Labute approximate surface area is 196 Å². The Hall–Kier alpha value is -2.47. The maximum absolute atomic E-state index is 12.8. The molecule has 1 fully saturated rings. The molecule has 0 atom stereocenters. The van der Waals surface area contributed by atoms with Crippen molar-refractivity contribution in [2.24, 2.45) is 5.10 Å². The molecule has 0 bridgehead atoms. The molecular formula is C21H25BrN4O5S. The van der Waals surface area contributed by atoms with E-state index in [4.69, 9.17) is 9.47 Å². The molecule has 0 saturated carbocycles. The van der Waals surface area contributed by atoms with E-state index in [-0.39, 0.29) is 17.3 Å². The van der Waals surface area contributed by atoms with Crippen molar-refractivity contribution in [2.45, 2.75) is 4.90 Å². The fraction of sp³-hybridized carbons (Fsp3) is 0.333. The summed E-state index contributed by atoms with van der Waals surface area (Å²) in [6.45, 7) is 1.70. The van der Waals surface area contributed by atoms with Gasteiger partial charge in [-0.1, -0.05) is 15.9 Å². The molecule has 172 valence electrons. The van der Waals surface area contributed by atoms with Crippen molar-refractivity contribution in [1.82, 2.24) is 14.6 Å². The quantitative estimate of drug-likeness (QED) is 0.418. The highest BCUT2D eigenvalue weighted by Crippen LogP contribution is 2.26. The van der Waals surface area contributed by atoms with Crippen LogP contribution in [0.25, 0.3) is 0 Å². The van der Waals surface area contributed by atoms with Gasteiger partial charge in [0.2, 0.25) is 10.0 Å². The number of benzene rings is 2. The number of carbonyl (C=O) groups is 1.